The number of halogens is 9. The zero-order valence-corrected chi connectivity index (χ0v) is 22.9. The van der Waals surface area contributed by atoms with Crippen LogP contribution in [0.2, 0.25) is 15.1 Å². The number of benzene rings is 2. The van der Waals surface area contributed by atoms with Crippen molar-refractivity contribution in [1.82, 2.24) is 5.32 Å². The summed E-state index contributed by atoms with van der Waals surface area (Å²) in [4.78, 5) is 12.7. The predicted molar refractivity (Wildman–Crippen MR) is 137 cm³/mol. The number of carbonyl (C=O) groups excluding carboxylic acids is 1. The van der Waals surface area contributed by atoms with Crippen LogP contribution >= 0.6 is 34.8 Å². The van der Waals surface area contributed by atoms with E-state index in [0.717, 1.165) is 18.2 Å². The molecule has 0 bridgehead atoms. The van der Waals surface area contributed by atoms with Crippen LogP contribution in [0.15, 0.2) is 36.4 Å². The Morgan fingerprint density at radius 3 is 2.11 bits per heavy atom. The third-order valence-corrected chi connectivity index (χ3v) is 8.19. The Hall–Kier alpha value is -1.95. The van der Waals surface area contributed by atoms with Gasteiger partial charge < -0.3 is 5.32 Å². The van der Waals surface area contributed by atoms with Crippen LogP contribution in [0.4, 0.5) is 26.3 Å². The standard InChI is InChI=1S/C24H22Cl3F6NO3S/c1-3-15-8-14(5-7-18(24(31,32)33)16-9-19(25)21(27)20(26)10-16)4-6-17(15)22(35)34-13(2)11-38(36,37)12-23(28,29)30/h4-10,13,18H,3,11-12H2,1-2H3,(H,34,35)/b7-5+/t13-,18?/m1/s1. The van der Waals surface area contributed by atoms with Gasteiger partial charge in [-0.3, -0.25) is 4.79 Å². The number of allylic oxidation sites excluding steroid dienone is 1. The molecule has 0 aromatic heterocycles. The Kier molecular flexibility index (Phi) is 10.6. The van der Waals surface area contributed by atoms with Gasteiger partial charge in [-0.1, -0.05) is 66.0 Å². The summed E-state index contributed by atoms with van der Waals surface area (Å²) in [5.74, 6) is -5.72. The van der Waals surface area contributed by atoms with Gasteiger partial charge in [0.05, 0.1) is 26.7 Å². The van der Waals surface area contributed by atoms with Crippen LogP contribution in [-0.2, 0) is 16.3 Å². The molecular formula is C24H22Cl3F6NO3S. The van der Waals surface area contributed by atoms with Crippen molar-refractivity contribution in [2.24, 2.45) is 0 Å². The lowest BCUT2D eigenvalue weighted by atomic mass is 9.95. The quantitative estimate of drug-likeness (QED) is 0.230. The van der Waals surface area contributed by atoms with Gasteiger partial charge in [-0.2, -0.15) is 26.3 Å². The first-order chi connectivity index (χ1) is 17.3. The summed E-state index contributed by atoms with van der Waals surface area (Å²) >= 11 is 17.6. The van der Waals surface area contributed by atoms with Gasteiger partial charge in [0.2, 0.25) is 0 Å². The molecule has 4 nitrogen and oxygen atoms in total. The molecule has 1 N–H and O–H groups in total. The highest BCUT2D eigenvalue weighted by molar-refractivity contribution is 7.91. The predicted octanol–water partition coefficient (Wildman–Crippen LogP) is 7.66. The molecule has 14 heteroatoms. The summed E-state index contributed by atoms with van der Waals surface area (Å²) in [6.07, 6.45) is -7.19. The van der Waals surface area contributed by atoms with E-state index in [1.54, 1.807) is 6.92 Å². The molecule has 0 aliphatic carbocycles. The second-order valence-corrected chi connectivity index (χ2v) is 11.8. The lowest BCUT2D eigenvalue weighted by Crippen LogP contribution is -2.40. The number of hydrogen-bond acceptors (Lipinski definition) is 3. The third-order valence-electron chi connectivity index (χ3n) is 5.22. The van der Waals surface area contributed by atoms with Gasteiger partial charge >= 0.3 is 12.4 Å². The fraction of sp³-hybridized carbons (Fsp3) is 0.375. The van der Waals surface area contributed by atoms with Gasteiger partial charge in [0.15, 0.2) is 9.84 Å². The first-order valence-corrected chi connectivity index (χ1v) is 13.9. The normalized spacial score (nSPS) is 14.5. The van der Waals surface area contributed by atoms with Crippen LogP contribution in [0.1, 0.15) is 46.8 Å². The number of rotatable bonds is 9. The monoisotopic (exact) mass is 623 g/mol. The average molecular weight is 625 g/mol. The summed E-state index contributed by atoms with van der Waals surface area (Å²) in [7, 11) is -4.51. The number of sulfone groups is 1. The first kappa shape index (κ1) is 32.3. The van der Waals surface area contributed by atoms with E-state index >= 15 is 0 Å². The molecule has 0 saturated carbocycles. The second kappa shape index (κ2) is 12.5. The van der Waals surface area contributed by atoms with E-state index in [2.05, 4.69) is 5.32 Å². The maximum Gasteiger partial charge on any atom is 0.402 e. The summed E-state index contributed by atoms with van der Waals surface area (Å²) in [6.45, 7) is 2.94. The highest BCUT2D eigenvalue weighted by Crippen LogP contribution is 2.41. The fourth-order valence-corrected chi connectivity index (χ4v) is 5.71. The molecule has 0 radical (unpaired) electrons. The third kappa shape index (κ3) is 9.36. The number of amides is 1. The van der Waals surface area contributed by atoms with Crippen LogP contribution in [0.3, 0.4) is 0 Å². The van der Waals surface area contributed by atoms with E-state index in [1.165, 1.54) is 31.2 Å². The molecule has 1 amide bonds. The van der Waals surface area contributed by atoms with Gasteiger partial charge in [0, 0.05) is 11.6 Å². The maximum atomic E-state index is 13.8. The van der Waals surface area contributed by atoms with E-state index in [0.29, 0.717) is 11.1 Å². The second-order valence-electron chi connectivity index (χ2n) is 8.49. The number of nitrogens with one attached hydrogen (secondary N) is 1. The van der Waals surface area contributed by atoms with Crippen LogP contribution in [-0.4, -0.2) is 44.2 Å². The Morgan fingerprint density at radius 2 is 1.61 bits per heavy atom. The van der Waals surface area contributed by atoms with E-state index in [9.17, 15) is 39.6 Å². The van der Waals surface area contributed by atoms with Crippen molar-refractivity contribution in [2.45, 2.75) is 44.6 Å². The van der Waals surface area contributed by atoms with Crippen molar-refractivity contribution in [3.8, 4) is 0 Å². The van der Waals surface area contributed by atoms with E-state index in [1.807, 2.05) is 0 Å². The molecule has 0 saturated heterocycles. The summed E-state index contributed by atoms with van der Waals surface area (Å²) in [6, 6.07) is 5.21. The Balaban J connectivity index is 2.26. The summed E-state index contributed by atoms with van der Waals surface area (Å²) in [5.41, 5.74) is 0.637. The van der Waals surface area contributed by atoms with E-state index in [4.69, 9.17) is 34.8 Å². The average Bonchev–Trinajstić information content (AvgIpc) is 2.74. The van der Waals surface area contributed by atoms with Crippen molar-refractivity contribution < 1.29 is 39.6 Å². The van der Waals surface area contributed by atoms with Crippen LogP contribution < -0.4 is 5.32 Å². The molecular weight excluding hydrogens is 603 g/mol. The molecule has 2 aromatic carbocycles. The Labute approximate surface area is 230 Å². The van der Waals surface area contributed by atoms with Gasteiger partial charge in [0.25, 0.3) is 5.91 Å². The van der Waals surface area contributed by atoms with Crippen LogP contribution in [0.25, 0.3) is 6.08 Å². The molecule has 0 heterocycles. The smallest absolute Gasteiger partial charge is 0.349 e. The zero-order valence-electron chi connectivity index (χ0n) is 19.9. The fourth-order valence-electron chi connectivity index (χ4n) is 3.63. The van der Waals surface area contributed by atoms with Crippen molar-refractivity contribution in [1.29, 1.82) is 0 Å². The lowest BCUT2D eigenvalue weighted by molar-refractivity contribution is -0.139. The van der Waals surface area contributed by atoms with Crippen molar-refractivity contribution in [3.05, 3.63) is 73.7 Å². The molecule has 210 valence electrons. The van der Waals surface area contributed by atoms with Gasteiger partial charge in [-0.15, -0.1) is 0 Å². The molecule has 2 rings (SSSR count). The molecule has 0 aliphatic rings. The minimum absolute atomic E-state index is 0.0734. The molecule has 2 aromatic rings. The molecule has 1 unspecified atom stereocenters. The largest absolute Gasteiger partial charge is 0.402 e. The van der Waals surface area contributed by atoms with Crippen molar-refractivity contribution in [3.63, 3.8) is 0 Å². The zero-order chi connectivity index (χ0) is 29.1. The van der Waals surface area contributed by atoms with Crippen LogP contribution in [0.5, 0.6) is 0 Å². The van der Waals surface area contributed by atoms with Gasteiger partial charge in [-0.05, 0) is 48.2 Å². The topological polar surface area (TPSA) is 63.2 Å². The molecule has 0 aliphatic heterocycles. The van der Waals surface area contributed by atoms with Crippen molar-refractivity contribution >= 4 is 56.6 Å². The minimum atomic E-state index is -4.90. The van der Waals surface area contributed by atoms with Crippen molar-refractivity contribution in [2.75, 3.05) is 11.5 Å². The lowest BCUT2D eigenvalue weighted by Gasteiger charge is -2.19. The SMILES string of the molecule is CCc1cc(/C=C/C(c2cc(Cl)c(Cl)c(Cl)c2)C(F)(F)F)ccc1C(=O)N[C@H](C)CS(=O)(=O)CC(F)(F)F. The first-order valence-electron chi connectivity index (χ1n) is 10.9. The highest BCUT2D eigenvalue weighted by atomic mass is 35.5. The molecule has 38 heavy (non-hydrogen) atoms. The van der Waals surface area contributed by atoms with Crippen LogP contribution in [0, 0.1) is 0 Å². The summed E-state index contributed by atoms with van der Waals surface area (Å²) in [5, 5.41) is 2.00. The molecule has 2 atom stereocenters. The number of carbonyl (C=O) groups is 1. The molecule has 0 fully saturated rings. The number of aryl methyl sites for hydroxylation is 1. The van der Waals surface area contributed by atoms with E-state index < -0.39 is 51.6 Å². The number of hydrogen-bond donors (Lipinski definition) is 1. The Morgan fingerprint density at radius 1 is 1.03 bits per heavy atom. The Bertz CT molecular complexity index is 1290. The van der Waals surface area contributed by atoms with E-state index in [-0.39, 0.29) is 32.6 Å². The van der Waals surface area contributed by atoms with Gasteiger partial charge in [-0.25, -0.2) is 8.42 Å². The molecule has 0 spiro atoms. The summed E-state index contributed by atoms with van der Waals surface area (Å²) < 4.78 is 102. The number of alkyl halides is 6. The maximum absolute atomic E-state index is 13.8. The minimum Gasteiger partial charge on any atom is -0.349 e. The van der Waals surface area contributed by atoms with Gasteiger partial charge in [0.1, 0.15) is 5.75 Å². The highest BCUT2D eigenvalue weighted by Gasteiger charge is 2.39.